The van der Waals surface area contributed by atoms with E-state index >= 15 is 0 Å². The smallest absolute Gasteiger partial charge is 0.338 e. The van der Waals surface area contributed by atoms with Gasteiger partial charge in [0.1, 0.15) is 0 Å². The SMILES string of the molecule is CCOC(=O)c1cccc(NC(=O)C2CCN(Cc3nc(-c4cccc(Cl)c4)no3)CC2)c1. The van der Waals surface area contributed by atoms with E-state index in [0.717, 1.165) is 31.5 Å². The van der Waals surface area contributed by atoms with Crippen molar-refractivity contribution in [2.45, 2.75) is 26.3 Å². The van der Waals surface area contributed by atoms with E-state index in [1.54, 1.807) is 43.3 Å². The molecule has 0 saturated carbocycles. The van der Waals surface area contributed by atoms with Gasteiger partial charge in [0.15, 0.2) is 0 Å². The maximum Gasteiger partial charge on any atom is 0.338 e. The molecule has 0 radical (unpaired) electrons. The van der Waals surface area contributed by atoms with E-state index < -0.39 is 5.97 Å². The molecule has 1 saturated heterocycles. The highest BCUT2D eigenvalue weighted by atomic mass is 35.5. The van der Waals surface area contributed by atoms with Crippen molar-refractivity contribution >= 4 is 29.2 Å². The van der Waals surface area contributed by atoms with Gasteiger partial charge >= 0.3 is 5.97 Å². The van der Waals surface area contributed by atoms with Gasteiger partial charge in [-0.05, 0) is 63.2 Å². The number of benzene rings is 2. The molecule has 33 heavy (non-hydrogen) atoms. The number of halogens is 1. The molecule has 0 spiro atoms. The summed E-state index contributed by atoms with van der Waals surface area (Å²) >= 11 is 6.03. The summed E-state index contributed by atoms with van der Waals surface area (Å²) < 4.78 is 10.4. The van der Waals surface area contributed by atoms with Crippen LogP contribution in [0.15, 0.2) is 53.1 Å². The monoisotopic (exact) mass is 468 g/mol. The zero-order chi connectivity index (χ0) is 23.2. The zero-order valence-electron chi connectivity index (χ0n) is 18.3. The van der Waals surface area contributed by atoms with Gasteiger partial charge in [-0.15, -0.1) is 0 Å². The van der Waals surface area contributed by atoms with Crippen LogP contribution in [0.3, 0.4) is 0 Å². The summed E-state index contributed by atoms with van der Waals surface area (Å²) in [7, 11) is 0. The molecule has 0 aliphatic carbocycles. The molecular weight excluding hydrogens is 444 g/mol. The van der Waals surface area contributed by atoms with E-state index in [2.05, 4.69) is 20.4 Å². The minimum Gasteiger partial charge on any atom is -0.462 e. The average Bonchev–Trinajstić information content (AvgIpc) is 3.28. The zero-order valence-corrected chi connectivity index (χ0v) is 19.0. The van der Waals surface area contributed by atoms with Crippen molar-refractivity contribution in [3.8, 4) is 11.4 Å². The van der Waals surface area contributed by atoms with Gasteiger partial charge in [-0.3, -0.25) is 9.69 Å². The molecule has 2 heterocycles. The van der Waals surface area contributed by atoms with Gasteiger partial charge in [0.25, 0.3) is 0 Å². The number of likely N-dealkylation sites (tertiary alicyclic amines) is 1. The number of piperidine rings is 1. The second-order valence-corrected chi connectivity index (χ2v) is 8.30. The molecule has 1 aliphatic rings. The molecule has 1 aliphatic heterocycles. The van der Waals surface area contributed by atoms with Gasteiger partial charge in [0.05, 0.1) is 18.7 Å². The van der Waals surface area contributed by atoms with Crippen molar-refractivity contribution in [3.63, 3.8) is 0 Å². The summed E-state index contributed by atoms with van der Waals surface area (Å²) in [5.74, 6) is 0.491. The number of carbonyl (C=O) groups excluding carboxylic acids is 2. The van der Waals surface area contributed by atoms with Crippen molar-refractivity contribution < 1.29 is 18.8 Å². The third kappa shape index (κ3) is 5.97. The standard InChI is InChI=1S/C24H25ClN4O4/c1-2-32-24(31)18-6-4-8-20(14-18)26-23(30)16-9-11-29(12-10-16)15-21-27-22(28-33-21)17-5-3-7-19(25)13-17/h3-8,13-14,16H,2,9-12,15H2,1H3,(H,26,30). The number of amides is 1. The van der Waals surface area contributed by atoms with Crippen molar-refractivity contribution in [3.05, 3.63) is 65.0 Å². The molecule has 1 N–H and O–H groups in total. The third-order valence-corrected chi connectivity index (χ3v) is 5.74. The highest BCUT2D eigenvalue weighted by molar-refractivity contribution is 6.30. The number of esters is 1. The maximum absolute atomic E-state index is 12.7. The first kappa shape index (κ1) is 22.9. The lowest BCUT2D eigenvalue weighted by Gasteiger charge is -2.30. The fourth-order valence-electron chi connectivity index (χ4n) is 3.79. The number of nitrogens with one attached hydrogen (secondary N) is 1. The van der Waals surface area contributed by atoms with Gasteiger partial charge in [-0.25, -0.2) is 4.79 Å². The summed E-state index contributed by atoms with van der Waals surface area (Å²) in [5.41, 5.74) is 1.81. The van der Waals surface area contributed by atoms with Crippen LogP contribution in [0.25, 0.3) is 11.4 Å². The van der Waals surface area contributed by atoms with Crippen molar-refractivity contribution in [1.82, 2.24) is 15.0 Å². The number of aromatic nitrogens is 2. The number of nitrogens with zero attached hydrogens (tertiary/aromatic N) is 3. The Hall–Kier alpha value is -3.23. The normalized spacial score (nSPS) is 14.7. The quantitative estimate of drug-likeness (QED) is 0.512. The fourth-order valence-corrected chi connectivity index (χ4v) is 3.98. The first-order valence-electron chi connectivity index (χ1n) is 10.9. The lowest BCUT2D eigenvalue weighted by Crippen LogP contribution is -2.37. The second-order valence-electron chi connectivity index (χ2n) is 7.86. The summed E-state index contributed by atoms with van der Waals surface area (Å²) in [6.07, 6.45) is 1.44. The number of hydrogen-bond donors (Lipinski definition) is 1. The predicted octanol–water partition coefficient (Wildman–Crippen LogP) is 4.42. The van der Waals surface area contributed by atoms with E-state index in [9.17, 15) is 9.59 Å². The molecule has 3 aromatic rings. The lowest BCUT2D eigenvalue weighted by molar-refractivity contribution is -0.121. The Labute approximate surface area is 196 Å². The van der Waals surface area contributed by atoms with E-state index in [1.807, 2.05) is 12.1 Å². The molecule has 9 heteroatoms. The van der Waals surface area contributed by atoms with Crippen LogP contribution in [0, 0.1) is 5.92 Å². The minimum atomic E-state index is -0.401. The van der Waals surface area contributed by atoms with Crippen LogP contribution in [0.5, 0.6) is 0 Å². The minimum absolute atomic E-state index is 0.0447. The summed E-state index contributed by atoms with van der Waals surface area (Å²) in [6.45, 7) is 4.08. The molecule has 0 unspecified atom stereocenters. The van der Waals surface area contributed by atoms with Crippen LogP contribution in [-0.4, -0.2) is 46.6 Å². The Kier molecular flexibility index (Phi) is 7.36. The molecule has 1 amide bonds. The molecule has 4 rings (SSSR count). The highest BCUT2D eigenvalue weighted by Crippen LogP contribution is 2.23. The lowest BCUT2D eigenvalue weighted by atomic mass is 9.95. The topological polar surface area (TPSA) is 97.6 Å². The van der Waals surface area contributed by atoms with Crippen molar-refractivity contribution in [1.29, 1.82) is 0 Å². The van der Waals surface area contributed by atoms with E-state index in [4.69, 9.17) is 20.9 Å². The molecular formula is C24H25ClN4O4. The maximum atomic E-state index is 12.7. The molecule has 0 atom stereocenters. The largest absolute Gasteiger partial charge is 0.462 e. The van der Waals surface area contributed by atoms with Gasteiger partial charge in [0, 0.05) is 22.2 Å². The molecule has 1 aromatic heterocycles. The van der Waals surface area contributed by atoms with Crippen LogP contribution in [0.1, 0.15) is 36.0 Å². The second kappa shape index (κ2) is 10.6. The first-order valence-corrected chi connectivity index (χ1v) is 11.3. The van der Waals surface area contributed by atoms with Crippen LogP contribution in [-0.2, 0) is 16.1 Å². The summed E-state index contributed by atoms with van der Waals surface area (Å²) in [6, 6.07) is 14.1. The van der Waals surface area contributed by atoms with Gasteiger partial charge < -0.3 is 14.6 Å². The molecule has 1 fully saturated rings. The molecule has 8 nitrogen and oxygen atoms in total. The third-order valence-electron chi connectivity index (χ3n) is 5.51. The van der Waals surface area contributed by atoms with E-state index in [-0.39, 0.29) is 11.8 Å². The number of carbonyl (C=O) groups is 2. The van der Waals surface area contributed by atoms with Crippen LogP contribution in [0.4, 0.5) is 5.69 Å². The van der Waals surface area contributed by atoms with Gasteiger partial charge in [-0.2, -0.15) is 4.98 Å². The number of hydrogen-bond acceptors (Lipinski definition) is 7. The highest BCUT2D eigenvalue weighted by Gasteiger charge is 2.26. The average molecular weight is 469 g/mol. The Morgan fingerprint density at radius 2 is 1.97 bits per heavy atom. The Bertz CT molecular complexity index is 1120. The Morgan fingerprint density at radius 3 is 2.73 bits per heavy atom. The molecule has 0 bridgehead atoms. The summed E-state index contributed by atoms with van der Waals surface area (Å²) in [4.78, 5) is 31.3. The Morgan fingerprint density at radius 1 is 1.18 bits per heavy atom. The number of rotatable bonds is 7. The first-order chi connectivity index (χ1) is 16.0. The number of ether oxygens (including phenoxy) is 1. The number of anilines is 1. The van der Waals surface area contributed by atoms with E-state index in [0.29, 0.717) is 41.1 Å². The van der Waals surface area contributed by atoms with Gasteiger partial charge in [0.2, 0.25) is 17.6 Å². The van der Waals surface area contributed by atoms with E-state index in [1.165, 1.54) is 0 Å². The van der Waals surface area contributed by atoms with Crippen molar-refractivity contribution in [2.24, 2.45) is 5.92 Å². The van der Waals surface area contributed by atoms with Crippen LogP contribution < -0.4 is 5.32 Å². The molecule has 2 aromatic carbocycles. The van der Waals surface area contributed by atoms with Crippen LogP contribution in [0.2, 0.25) is 5.02 Å². The summed E-state index contributed by atoms with van der Waals surface area (Å²) in [5, 5.41) is 7.59. The molecule has 172 valence electrons. The predicted molar refractivity (Wildman–Crippen MR) is 124 cm³/mol. The Balaban J connectivity index is 1.28. The van der Waals surface area contributed by atoms with Crippen molar-refractivity contribution in [2.75, 3.05) is 25.0 Å². The van der Waals surface area contributed by atoms with Crippen LogP contribution >= 0.6 is 11.6 Å². The van der Waals surface area contributed by atoms with Gasteiger partial charge in [-0.1, -0.05) is 35.0 Å². The fraction of sp³-hybridized carbons (Fsp3) is 0.333.